The molecule has 0 unspecified atom stereocenters. The van der Waals surface area contributed by atoms with Gasteiger partial charge in [0.25, 0.3) is 5.91 Å². The summed E-state index contributed by atoms with van der Waals surface area (Å²) in [7, 11) is 0. The molecule has 29 heavy (non-hydrogen) atoms. The molecule has 2 aromatic carbocycles. The van der Waals surface area contributed by atoms with Crippen molar-refractivity contribution < 1.29 is 18.7 Å². The Balaban J connectivity index is 1.41. The Kier molecular flexibility index (Phi) is 5.26. The lowest BCUT2D eigenvalue weighted by Crippen LogP contribution is -2.40. The highest BCUT2D eigenvalue weighted by atomic mass is 32.1. The number of amides is 2. The van der Waals surface area contributed by atoms with Crippen LogP contribution in [0, 0.1) is 12.7 Å². The van der Waals surface area contributed by atoms with Crippen molar-refractivity contribution in [2.24, 2.45) is 0 Å². The Hall–Kier alpha value is -3.26. The van der Waals surface area contributed by atoms with Gasteiger partial charge >= 0.3 is 0 Å². The highest BCUT2D eigenvalue weighted by Crippen LogP contribution is 2.32. The normalized spacial score (nSPS) is 13.0. The van der Waals surface area contributed by atoms with E-state index in [0.717, 1.165) is 10.4 Å². The molecule has 0 aliphatic carbocycles. The van der Waals surface area contributed by atoms with Gasteiger partial charge in [-0.25, -0.2) is 9.37 Å². The van der Waals surface area contributed by atoms with Crippen molar-refractivity contribution >= 4 is 34.0 Å². The number of carbonyl (C=O) groups excluding carboxylic acids is 2. The number of hydrogen-bond donors (Lipinski definition) is 1. The summed E-state index contributed by atoms with van der Waals surface area (Å²) in [6.45, 7) is 2.11. The summed E-state index contributed by atoms with van der Waals surface area (Å²) in [6, 6.07) is 13.3. The molecule has 148 valence electrons. The molecule has 2 amide bonds. The van der Waals surface area contributed by atoms with E-state index in [1.165, 1.54) is 23.5 Å². The second-order valence-corrected chi connectivity index (χ2v) is 7.73. The average molecular weight is 411 g/mol. The van der Waals surface area contributed by atoms with Gasteiger partial charge in [0.15, 0.2) is 11.7 Å². The van der Waals surface area contributed by atoms with Gasteiger partial charge in [-0.2, -0.15) is 0 Å². The van der Waals surface area contributed by atoms with Gasteiger partial charge in [-0.3, -0.25) is 9.59 Å². The van der Waals surface area contributed by atoms with Gasteiger partial charge in [-0.05, 0) is 43.3 Å². The molecule has 1 N–H and O–H groups in total. The molecule has 0 saturated carbocycles. The number of aryl methyl sites for hydroxylation is 1. The van der Waals surface area contributed by atoms with E-state index in [2.05, 4.69) is 10.3 Å². The van der Waals surface area contributed by atoms with Crippen molar-refractivity contribution in [2.75, 3.05) is 23.4 Å². The van der Waals surface area contributed by atoms with E-state index < -0.39 is 0 Å². The standard InChI is InChI=1S/C21H18FN3O3S/c1-13-20(14-6-8-15(22)9-7-14)24-21(29-13)23-18(26)10-11-25-16-4-2-3-5-17(16)28-12-19(25)27/h2-9H,10-12H2,1H3,(H,23,24,26). The van der Waals surface area contributed by atoms with E-state index in [-0.39, 0.29) is 37.2 Å². The molecule has 1 aliphatic heterocycles. The number of ether oxygens (including phenoxy) is 1. The van der Waals surface area contributed by atoms with Crippen LogP contribution < -0.4 is 15.0 Å². The SMILES string of the molecule is Cc1sc(NC(=O)CCN2C(=O)COc3ccccc32)nc1-c1ccc(F)cc1. The van der Waals surface area contributed by atoms with Crippen molar-refractivity contribution in [1.29, 1.82) is 0 Å². The van der Waals surface area contributed by atoms with Gasteiger partial charge in [0.1, 0.15) is 11.6 Å². The van der Waals surface area contributed by atoms with Crippen molar-refractivity contribution in [2.45, 2.75) is 13.3 Å². The van der Waals surface area contributed by atoms with E-state index in [0.29, 0.717) is 22.3 Å². The van der Waals surface area contributed by atoms with Crippen LogP contribution in [0.25, 0.3) is 11.3 Å². The lowest BCUT2D eigenvalue weighted by Gasteiger charge is -2.29. The minimum Gasteiger partial charge on any atom is -0.482 e. The molecule has 1 aliphatic rings. The van der Waals surface area contributed by atoms with Gasteiger partial charge in [-0.1, -0.05) is 12.1 Å². The Labute approximate surface area is 171 Å². The Morgan fingerprint density at radius 2 is 2.00 bits per heavy atom. The molecular weight excluding hydrogens is 393 g/mol. The maximum atomic E-state index is 13.1. The molecule has 0 radical (unpaired) electrons. The van der Waals surface area contributed by atoms with Crippen LogP contribution in [-0.4, -0.2) is 29.9 Å². The van der Waals surface area contributed by atoms with Crippen molar-refractivity contribution in [3.8, 4) is 17.0 Å². The summed E-state index contributed by atoms with van der Waals surface area (Å²) in [5.41, 5.74) is 2.17. The molecule has 8 heteroatoms. The number of hydrogen-bond acceptors (Lipinski definition) is 5. The molecule has 3 aromatic rings. The quantitative estimate of drug-likeness (QED) is 0.689. The minimum absolute atomic E-state index is 0.0364. The summed E-state index contributed by atoms with van der Waals surface area (Å²) >= 11 is 1.35. The Morgan fingerprint density at radius 3 is 2.79 bits per heavy atom. The van der Waals surface area contributed by atoms with Crippen LogP contribution in [0.1, 0.15) is 11.3 Å². The first-order valence-corrected chi connectivity index (χ1v) is 9.88. The molecule has 1 aromatic heterocycles. The predicted octanol–water partition coefficient (Wildman–Crippen LogP) is 4.01. The highest BCUT2D eigenvalue weighted by molar-refractivity contribution is 7.16. The molecular formula is C21H18FN3O3S. The van der Waals surface area contributed by atoms with Crippen molar-refractivity contribution in [3.05, 3.63) is 59.2 Å². The van der Waals surface area contributed by atoms with Gasteiger partial charge in [0.05, 0.1) is 11.4 Å². The van der Waals surface area contributed by atoms with Crippen LogP contribution in [0.2, 0.25) is 0 Å². The van der Waals surface area contributed by atoms with E-state index >= 15 is 0 Å². The maximum absolute atomic E-state index is 13.1. The largest absolute Gasteiger partial charge is 0.482 e. The van der Waals surface area contributed by atoms with Gasteiger partial charge in [-0.15, -0.1) is 11.3 Å². The summed E-state index contributed by atoms with van der Waals surface area (Å²) in [5, 5.41) is 3.26. The van der Waals surface area contributed by atoms with Gasteiger partial charge in [0.2, 0.25) is 5.91 Å². The number of nitrogens with zero attached hydrogens (tertiary/aromatic N) is 2. The second-order valence-electron chi connectivity index (χ2n) is 6.53. The molecule has 2 heterocycles. The molecule has 0 atom stereocenters. The predicted molar refractivity (Wildman–Crippen MR) is 110 cm³/mol. The third-order valence-corrected chi connectivity index (χ3v) is 5.42. The number of para-hydroxylation sites is 2. The van der Waals surface area contributed by atoms with Crippen LogP contribution >= 0.6 is 11.3 Å². The summed E-state index contributed by atoms with van der Waals surface area (Å²) in [4.78, 5) is 31.5. The zero-order valence-electron chi connectivity index (χ0n) is 15.6. The molecule has 0 fully saturated rings. The molecule has 0 spiro atoms. The van der Waals surface area contributed by atoms with Crippen LogP contribution in [0.3, 0.4) is 0 Å². The summed E-state index contributed by atoms with van der Waals surface area (Å²) in [6.07, 6.45) is 0.130. The van der Waals surface area contributed by atoms with Crippen LogP contribution in [0.4, 0.5) is 15.2 Å². The number of benzene rings is 2. The Bertz CT molecular complexity index is 1070. The topological polar surface area (TPSA) is 71.5 Å². The van der Waals surface area contributed by atoms with Crippen molar-refractivity contribution in [1.82, 2.24) is 4.98 Å². The van der Waals surface area contributed by atoms with E-state index in [4.69, 9.17) is 4.74 Å². The van der Waals surface area contributed by atoms with E-state index in [1.807, 2.05) is 19.1 Å². The fraction of sp³-hybridized carbons (Fsp3) is 0.190. The first kappa shape index (κ1) is 19.1. The number of rotatable bonds is 5. The van der Waals surface area contributed by atoms with Crippen LogP contribution in [0.15, 0.2) is 48.5 Å². The molecule has 4 rings (SSSR count). The molecule has 0 saturated heterocycles. The zero-order chi connectivity index (χ0) is 20.4. The number of anilines is 2. The maximum Gasteiger partial charge on any atom is 0.265 e. The van der Waals surface area contributed by atoms with E-state index in [1.54, 1.807) is 29.2 Å². The van der Waals surface area contributed by atoms with Gasteiger partial charge < -0.3 is 15.0 Å². The first-order chi connectivity index (χ1) is 14.0. The Morgan fingerprint density at radius 1 is 1.24 bits per heavy atom. The third-order valence-electron chi connectivity index (χ3n) is 4.53. The highest BCUT2D eigenvalue weighted by Gasteiger charge is 2.25. The minimum atomic E-state index is -0.311. The van der Waals surface area contributed by atoms with Crippen LogP contribution in [-0.2, 0) is 9.59 Å². The number of aromatic nitrogens is 1. The number of nitrogens with one attached hydrogen (secondary N) is 1. The molecule has 6 nitrogen and oxygen atoms in total. The second kappa shape index (κ2) is 8.00. The fourth-order valence-electron chi connectivity index (χ4n) is 3.12. The summed E-state index contributed by atoms with van der Waals surface area (Å²) < 4.78 is 18.5. The lowest BCUT2D eigenvalue weighted by atomic mass is 10.1. The summed E-state index contributed by atoms with van der Waals surface area (Å²) in [5.74, 6) is -0.0947. The first-order valence-electron chi connectivity index (χ1n) is 9.06. The zero-order valence-corrected chi connectivity index (χ0v) is 16.5. The lowest BCUT2D eigenvalue weighted by molar-refractivity contribution is -0.121. The van der Waals surface area contributed by atoms with E-state index in [9.17, 15) is 14.0 Å². The van der Waals surface area contributed by atoms with Crippen LogP contribution in [0.5, 0.6) is 5.75 Å². The third kappa shape index (κ3) is 4.12. The molecule has 0 bridgehead atoms. The fourth-order valence-corrected chi connectivity index (χ4v) is 3.97. The van der Waals surface area contributed by atoms with Crippen molar-refractivity contribution in [3.63, 3.8) is 0 Å². The number of carbonyl (C=O) groups is 2. The van der Waals surface area contributed by atoms with Gasteiger partial charge in [0, 0.05) is 23.4 Å². The number of thiazole rings is 1. The number of halogens is 1. The smallest absolute Gasteiger partial charge is 0.265 e. The monoisotopic (exact) mass is 411 g/mol. The average Bonchev–Trinajstić information content (AvgIpc) is 3.07. The number of fused-ring (bicyclic) bond motifs is 1.